The van der Waals surface area contributed by atoms with Crippen LogP contribution < -0.4 is 10.0 Å². The zero-order valence-corrected chi connectivity index (χ0v) is 19.4. The average molecular weight is 498 g/mol. The summed E-state index contributed by atoms with van der Waals surface area (Å²) in [5.41, 5.74) is -0.917. The number of amides is 1. The fourth-order valence-electron chi connectivity index (χ4n) is 3.07. The van der Waals surface area contributed by atoms with E-state index in [9.17, 15) is 26.4 Å². The molecular weight excluding hydrogens is 475 g/mol. The van der Waals surface area contributed by atoms with Gasteiger partial charge in [-0.2, -0.15) is 13.2 Å². The van der Waals surface area contributed by atoms with Gasteiger partial charge in [0.1, 0.15) is 0 Å². The maximum atomic E-state index is 12.9. The van der Waals surface area contributed by atoms with Crippen molar-refractivity contribution in [1.29, 1.82) is 0 Å². The summed E-state index contributed by atoms with van der Waals surface area (Å²) in [6.45, 7) is 0.365. The lowest BCUT2D eigenvalue weighted by molar-refractivity contribution is -0.137. The van der Waals surface area contributed by atoms with E-state index in [1.165, 1.54) is 30.3 Å². The van der Waals surface area contributed by atoms with Gasteiger partial charge in [-0.25, -0.2) is 8.42 Å². The number of carbonyl (C=O) groups is 1. The minimum Gasteiger partial charge on any atom is -0.350 e. The highest BCUT2D eigenvalue weighted by molar-refractivity contribution is 7.92. The maximum absolute atomic E-state index is 12.9. The van der Waals surface area contributed by atoms with Crippen molar-refractivity contribution < 1.29 is 26.4 Å². The van der Waals surface area contributed by atoms with Crippen LogP contribution in [0.15, 0.2) is 70.9 Å². The van der Waals surface area contributed by atoms with Crippen molar-refractivity contribution in [2.75, 3.05) is 25.4 Å². The van der Waals surface area contributed by atoms with Crippen LogP contribution in [0.5, 0.6) is 0 Å². The quantitative estimate of drug-likeness (QED) is 0.477. The van der Waals surface area contributed by atoms with Crippen LogP contribution in [-0.4, -0.2) is 39.9 Å². The topological polar surface area (TPSA) is 78.5 Å². The van der Waals surface area contributed by atoms with Crippen LogP contribution >= 0.6 is 11.3 Å². The second kappa shape index (κ2) is 9.94. The summed E-state index contributed by atoms with van der Waals surface area (Å²) in [5.74, 6) is -0.367. The number of halogens is 3. The molecule has 1 unspecified atom stereocenters. The monoisotopic (exact) mass is 497 g/mol. The third-order valence-corrected chi connectivity index (χ3v) is 7.19. The Morgan fingerprint density at radius 1 is 1.06 bits per heavy atom. The van der Waals surface area contributed by atoms with E-state index in [0.29, 0.717) is 12.6 Å². The number of sulfonamides is 1. The first-order chi connectivity index (χ1) is 15.5. The van der Waals surface area contributed by atoms with Crippen molar-refractivity contribution in [3.63, 3.8) is 0 Å². The van der Waals surface area contributed by atoms with Gasteiger partial charge in [0.15, 0.2) is 0 Å². The molecule has 0 spiro atoms. The molecule has 1 amide bonds. The molecule has 33 heavy (non-hydrogen) atoms. The Hall–Kier alpha value is -2.89. The molecule has 0 saturated carbocycles. The van der Waals surface area contributed by atoms with E-state index in [2.05, 4.69) is 10.0 Å². The normalized spacial score (nSPS) is 13.0. The molecule has 3 rings (SSSR count). The summed E-state index contributed by atoms with van der Waals surface area (Å²) >= 11 is 1.59. The predicted molar refractivity (Wildman–Crippen MR) is 122 cm³/mol. The largest absolute Gasteiger partial charge is 0.416 e. The second-order valence-electron chi connectivity index (χ2n) is 7.41. The molecule has 1 aromatic heterocycles. The standard InChI is InChI=1S/C22H22F3N3O3S2/c1-28(2)19(20-7-4-12-32-20)14-26-21(29)15-8-10-18(11-9-15)33(30,31)27-17-6-3-5-16(13-17)22(23,24)25/h3-13,19,27H,14H2,1-2H3,(H,26,29). The van der Waals surface area contributed by atoms with E-state index in [4.69, 9.17) is 0 Å². The molecule has 2 N–H and O–H groups in total. The van der Waals surface area contributed by atoms with E-state index in [1.54, 1.807) is 11.3 Å². The van der Waals surface area contributed by atoms with Crippen molar-refractivity contribution >= 4 is 33.0 Å². The van der Waals surface area contributed by atoms with Gasteiger partial charge in [-0.3, -0.25) is 9.52 Å². The maximum Gasteiger partial charge on any atom is 0.416 e. The zero-order valence-electron chi connectivity index (χ0n) is 17.8. The fourth-order valence-corrected chi connectivity index (χ4v) is 5.04. The summed E-state index contributed by atoms with van der Waals surface area (Å²) in [6, 6.07) is 13.0. The molecule has 176 valence electrons. The Bertz CT molecular complexity index is 1190. The van der Waals surface area contributed by atoms with Gasteiger partial charge in [0, 0.05) is 22.7 Å². The van der Waals surface area contributed by atoms with Gasteiger partial charge in [-0.1, -0.05) is 12.1 Å². The van der Waals surface area contributed by atoms with E-state index in [1.807, 2.05) is 36.5 Å². The minimum absolute atomic E-state index is 0.00902. The number of alkyl halides is 3. The number of thiophene rings is 1. The van der Waals surface area contributed by atoms with Crippen molar-refractivity contribution in [1.82, 2.24) is 10.2 Å². The Labute approximate surface area is 194 Å². The molecule has 0 saturated heterocycles. The summed E-state index contributed by atoms with van der Waals surface area (Å²) in [6.07, 6.45) is -4.59. The number of hydrogen-bond donors (Lipinski definition) is 2. The van der Waals surface area contributed by atoms with Crippen LogP contribution in [0.1, 0.15) is 26.8 Å². The second-order valence-corrected chi connectivity index (χ2v) is 10.1. The van der Waals surface area contributed by atoms with E-state index >= 15 is 0 Å². The molecule has 3 aromatic rings. The Morgan fingerprint density at radius 2 is 1.76 bits per heavy atom. The third kappa shape index (κ3) is 6.34. The highest BCUT2D eigenvalue weighted by Gasteiger charge is 2.30. The molecule has 6 nitrogen and oxygen atoms in total. The van der Waals surface area contributed by atoms with Gasteiger partial charge in [-0.15, -0.1) is 11.3 Å². The molecule has 2 aromatic carbocycles. The lowest BCUT2D eigenvalue weighted by Crippen LogP contribution is -2.34. The van der Waals surface area contributed by atoms with Crippen molar-refractivity contribution in [2.45, 2.75) is 17.1 Å². The number of anilines is 1. The molecule has 11 heteroatoms. The van der Waals surface area contributed by atoms with Gasteiger partial charge >= 0.3 is 6.18 Å². The lowest BCUT2D eigenvalue weighted by atomic mass is 10.2. The van der Waals surface area contributed by atoms with Gasteiger partial charge < -0.3 is 10.2 Å². The van der Waals surface area contributed by atoms with Crippen molar-refractivity contribution in [3.8, 4) is 0 Å². The zero-order chi connectivity index (χ0) is 24.2. The van der Waals surface area contributed by atoms with Crippen LogP contribution in [0.3, 0.4) is 0 Å². The predicted octanol–water partition coefficient (Wildman–Crippen LogP) is 4.60. The lowest BCUT2D eigenvalue weighted by Gasteiger charge is -2.23. The van der Waals surface area contributed by atoms with E-state index in [0.717, 1.165) is 17.0 Å². The van der Waals surface area contributed by atoms with Crippen LogP contribution in [0.25, 0.3) is 0 Å². The SMILES string of the molecule is CN(C)C(CNC(=O)c1ccc(S(=O)(=O)Nc2cccc(C(F)(F)F)c2)cc1)c1cccs1. The fraction of sp³-hybridized carbons (Fsp3) is 0.227. The van der Waals surface area contributed by atoms with Crippen LogP contribution in [0.4, 0.5) is 18.9 Å². The smallest absolute Gasteiger partial charge is 0.350 e. The number of benzene rings is 2. The molecule has 1 atom stereocenters. The van der Waals surface area contributed by atoms with Gasteiger partial charge in [0.2, 0.25) is 0 Å². The number of hydrogen-bond acceptors (Lipinski definition) is 5. The summed E-state index contributed by atoms with van der Waals surface area (Å²) in [4.78, 5) is 15.4. The Morgan fingerprint density at radius 3 is 2.33 bits per heavy atom. The highest BCUT2D eigenvalue weighted by Crippen LogP contribution is 2.31. The molecule has 1 heterocycles. The van der Waals surface area contributed by atoms with Crippen molar-refractivity contribution in [2.24, 2.45) is 0 Å². The Kier molecular flexibility index (Phi) is 7.45. The minimum atomic E-state index is -4.59. The van der Waals surface area contributed by atoms with E-state index < -0.39 is 21.8 Å². The molecule has 0 aliphatic heterocycles. The van der Waals surface area contributed by atoms with Crippen molar-refractivity contribution in [3.05, 3.63) is 82.0 Å². The molecule has 0 radical (unpaired) electrons. The number of carbonyl (C=O) groups excluding carboxylic acids is 1. The van der Waals surface area contributed by atoms with E-state index in [-0.39, 0.29) is 28.1 Å². The van der Waals surface area contributed by atoms with Gasteiger partial charge in [0.25, 0.3) is 15.9 Å². The first-order valence-corrected chi connectivity index (χ1v) is 12.1. The number of nitrogens with one attached hydrogen (secondary N) is 2. The van der Waals surface area contributed by atoms with Crippen LogP contribution in [0, 0.1) is 0 Å². The molecular formula is C22H22F3N3O3S2. The summed E-state index contributed by atoms with van der Waals surface area (Å²) < 4.78 is 65.9. The average Bonchev–Trinajstić information content (AvgIpc) is 3.27. The van der Waals surface area contributed by atoms with Crippen LogP contribution in [-0.2, 0) is 16.2 Å². The van der Waals surface area contributed by atoms with Gasteiger partial charge in [-0.05, 0) is 68.0 Å². The molecule has 0 aliphatic rings. The first kappa shape index (κ1) is 24.7. The molecule has 0 bridgehead atoms. The van der Waals surface area contributed by atoms with Crippen LogP contribution in [0.2, 0.25) is 0 Å². The van der Waals surface area contributed by atoms with Gasteiger partial charge in [0.05, 0.1) is 16.5 Å². The number of nitrogens with zero attached hydrogens (tertiary/aromatic N) is 1. The number of likely N-dealkylation sites (N-methyl/N-ethyl adjacent to an activating group) is 1. The molecule has 0 fully saturated rings. The molecule has 0 aliphatic carbocycles. The number of rotatable bonds is 8. The summed E-state index contributed by atoms with van der Waals surface area (Å²) in [5, 5.41) is 4.80. The third-order valence-electron chi connectivity index (χ3n) is 4.82. The highest BCUT2D eigenvalue weighted by atomic mass is 32.2. The summed E-state index contributed by atoms with van der Waals surface area (Å²) in [7, 11) is -0.318. The first-order valence-electron chi connectivity index (χ1n) is 9.75. The Balaban J connectivity index is 1.68.